The topological polar surface area (TPSA) is 72.8 Å². The van der Waals surface area contributed by atoms with Gasteiger partial charge in [-0.25, -0.2) is 4.79 Å². The number of esters is 2. The van der Waals surface area contributed by atoms with E-state index >= 15 is 0 Å². The number of ether oxygens (including phenoxy) is 2. The lowest BCUT2D eigenvalue weighted by molar-refractivity contribution is -0.153. The molecule has 0 spiro atoms. The molecule has 0 aromatic heterocycles. The van der Waals surface area contributed by atoms with Gasteiger partial charge in [0.05, 0.1) is 6.42 Å². The minimum atomic E-state index is -0.640. The predicted octanol–water partition coefficient (Wildman–Crippen LogP) is 3.23. The molecule has 0 unspecified atom stereocenters. The van der Waals surface area contributed by atoms with Crippen LogP contribution in [0.25, 0.3) is 0 Å². The van der Waals surface area contributed by atoms with Crippen LogP contribution in [-0.2, 0) is 20.7 Å². The van der Waals surface area contributed by atoms with Gasteiger partial charge in [-0.05, 0) is 59.2 Å². The van der Waals surface area contributed by atoms with Gasteiger partial charge in [0.15, 0.2) is 0 Å². The second-order valence-electron chi connectivity index (χ2n) is 7.12. The van der Waals surface area contributed by atoms with Crippen LogP contribution in [0.1, 0.15) is 57.5 Å². The summed E-state index contributed by atoms with van der Waals surface area (Å²) in [6, 6.07) is 4.43. The molecule has 0 aliphatic carbocycles. The average Bonchev–Trinajstić information content (AvgIpc) is 2.23. The highest BCUT2D eigenvalue weighted by Gasteiger charge is 2.21. The summed E-state index contributed by atoms with van der Waals surface area (Å²) in [5.41, 5.74) is -0.559. The summed E-state index contributed by atoms with van der Waals surface area (Å²) in [7, 11) is 0. The van der Waals surface area contributed by atoms with Crippen LogP contribution in [0.2, 0.25) is 0 Å². The zero-order valence-electron chi connectivity index (χ0n) is 14.0. The van der Waals surface area contributed by atoms with E-state index in [0.717, 1.165) is 0 Å². The summed E-state index contributed by atoms with van der Waals surface area (Å²) in [6.45, 7) is 10.6. The first kappa shape index (κ1) is 18.0. The van der Waals surface area contributed by atoms with Crippen molar-refractivity contribution in [2.75, 3.05) is 0 Å². The minimum absolute atomic E-state index is 0.0272. The van der Waals surface area contributed by atoms with Crippen molar-refractivity contribution in [2.24, 2.45) is 0 Å². The fourth-order valence-electron chi connectivity index (χ4n) is 1.74. The Hall–Kier alpha value is -2.04. The highest BCUT2D eigenvalue weighted by molar-refractivity contribution is 5.92. The Morgan fingerprint density at radius 1 is 1.00 bits per heavy atom. The summed E-state index contributed by atoms with van der Waals surface area (Å²) in [6.07, 6.45) is 0.0272. The number of carbonyl (C=O) groups is 2. The molecule has 1 aromatic carbocycles. The second-order valence-corrected chi connectivity index (χ2v) is 7.12. The molecule has 5 nitrogen and oxygen atoms in total. The summed E-state index contributed by atoms with van der Waals surface area (Å²) in [5, 5.41) is 9.95. The SMILES string of the molecule is CC(C)(C)OC(=O)Cc1ccc(C(=O)OC(C)(C)C)c(O)c1. The van der Waals surface area contributed by atoms with Crippen LogP contribution in [0.4, 0.5) is 0 Å². The first-order chi connectivity index (χ1) is 9.87. The molecule has 5 heteroatoms. The molecule has 0 amide bonds. The molecular weight excluding hydrogens is 284 g/mol. The second kappa shape index (κ2) is 6.38. The van der Waals surface area contributed by atoms with Gasteiger partial charge in [-0.2, -0.15) is 0 Å². The molecule has 1 rings (SSSR count). The van der Waals surface area contributed by atoms with Crippen molar-refractivity contribution in [2.45, 2.75) is 59.2 Å². The van der Waals surface area contributed by atoms with Crippen LogP contribution < -0.4 is 0 Å². The maximum Gasteiger partial charge on any atom is 0.342 e. The van der Waals surface area contributed by atoms with E-state index in [0.29, 0.717) is 5.56 Å². The summed E-state index contributed by atoms with van der Waals surface area (Å²) >= 11 is 0. The Balaban J connectivity index is 2.82. The number of carbonyl (C=O) groups excluding carboxylic acids is 2. The van der Waals surface area contributed by atoms with Crippen molar-refractivity contribution < 1.29 is 24.2 Å². The Morgan fingerprint density at radius 3 is 2.00 bits per heavy atom. The molecule has 0 heterocycles. The van der Waals surface area contributed by atoms with Gasteiger partial charge in [0.2, 0.25) is 0 Å². The third-order valence-electron chi connectivity index (χ3n) is 2.45. The Bertz CT molecular complexity index is 561. The highest BCUT2D eigenvalue weighted by Crippen LogP contribution is 2.23. The minimum Gasteiger partial charge on any atom is -0.507 e. The van der Waals surface area contributed by atoms with Gasteiger partial charge in [-0.15, -0.1) is 0 Å². The van der Waals surface area contributed by atoms with Crippen LogP contribution in [0.5, 0.6) is 5.75 Å². The van der Waals surface area contributed by atoms with Gasteiger partial charge < -0.3 is 14.6 Å². The number of phenolic OH excluding ortho intramolecular Hbond substituents is 1. The predicted molar refractivity (Wildman–Crippen MR) is 82.8 cm³/mol. The summed E-state index contributed by atoms with van der Waals surface area (Å²) in [5.74, 6) is -1.21. The van der Waals surface area contributed by atoms with E-state index in [1.54, 1.807) is 47.6 Å². The molecule has 0 saturated carbocycles. The van der Waals surface area contributed by atoms with Gasteiger partial charge in [0.25, 0.3) is 0 Å². The largest absolute Gasteiger partial charge is 0.507 e. The van der Waals surface area contributed by atoms with Crippen molar-refractivity contribution in [3.05, 3.63) is 29.3 Å². The molecule has 0 radical (unpaired) electrons. The van der Waals surface area contributed by atoms with Gasteiger partial charge in [-0.1, -0.05) is 6.07 Å². The van der Waals surface area contributed by atoms with Gasteiger partial charge in [-0.3, -0.25) is 4.79 Å². The van der Waals surface area contributed by atoms with E-state index in [-0.39, 0.29) is 17.7 Å². The third-order valence-corrected chi connectivity index (χ3v) is 2.45. The molecule has 22 heavy (non-hydrogen) atoms. The van der Waals surface area contributed by atoms with Crippen LogP contribution >= 0.6 is 0 Å². The Morgan fingerprint density at radius 2 is 1.55 bits per heavy atom. The van der Waals surface area contributed by atoms with E-state index in [1.807, 2.05) is 0 Å². The van der Waals surface area contributed by atoms with E-state index in [1.165, 1.54) is 12.1 Å². The van der Waals surface area contributed by atoms with Crippen LogP contribution in [0.3, 0.4) is 0 Å². The lowest BCUT2D eigenvalue weighted by Crippen LogP contribution is -2.25. The molecule has 0 aliphatic heterocycles. The fraction of sp³-hybridized carbons (Fsp3) is 0.529. The van der Waals surface area contributed by atoms with Crippen molar-refractivity contribution >= 4 is 11.9 Å². The molecule has 0 aliphatic rings. The third kappa shape index (κ3) is 6.16. The molecule has 0 atom stereocenters. The quantitative estimate of drug-likeness (QED) is 0.868. The number of phenols is 1. The molecule has 1 N–H and O–H groups in total. The fourth-order valence-corrected chi connectivity index (χ4v) is 1.74. The number of aromatic hydroxyl groups is 1. The number of hydrogen-bond acceptors (Lipinski definition) is 5. The van der Waals surface area contributed by atoms with Crippen molar-refractivity contribution in [1.29, 1.82) is 0 Å². The Kier molecular flexibility index (Phi) is 5.22. The summed E-state index contributed by atoms with van der Waals surface area (Å²) < 4.78 is 10.4. The average molecular weight is 308 g/mol. The molecule has 0 saturated heterocycles. The van der Waals surface area contributed by atoms with E-state index in [4.69, 9.17) is 9.47 Å². The Labute approximate surface area is 131 Å². The van der Waals surface area contributed by atoms with Gasteiger partial charge in [0, 0.05) is 0 Å². The number of benzene rings is 1. The molecule has 122 valence electrons. The van der Waals surface area contributed by atoms with Crippen LogP contribution in [0, 0.1) is 0 Å². The van der Waals surface area contributed by atoms with Crippen molar-refractivity contribution in [3.63, 3.8) is 0 Å². The monoisotopic (exact) mass is 308 g/mol. The van der Waals surface area contributed by atoms with Crippen LogP contribution in [0.15, 0.2) is 18.2 Å². The van der Waals surface area contributed by atoms with E-state index in [9.17, 15) is 14.7 Å². The van der Waals surface area contributed by atoms with Crippen LogP contribution in [-0.4, -0.2) is 28.2 Å². The standard InChI is InChI=1S/C17H24O5/c1-16(2,3)21-14(19)10-11-7-8-12(13(18)9-11)15(20)22-17(4,5)6/h7-9,18H,10H2,1-6H3. The van der Waals surface area contributed by atoms with Gasteiger partial charge >= 0.3 is 11.9 Å². The number of rotatable bonds is 3. The zero-order chi connectivity index (χ0) is 17.1. The maximum absolute atomic E-state index is 11.9. The molecule has 1 aromatic rings. The lowest BCUT2D eigenvalue weighted by Gasteiger charge is -2.20. The number of hydrogen-bond donors (Lipinski definition) is 1. The zero-order valence-corrected chi connectivity index (χ0v) is 14.0. The van der Waals surface area contributed by atoms with E-state index < -0.39 is 23.1 Å². The molecule has 0 bridgehead atoms. The molecule has 0 fully saturated rings. The smallest absolute Gasteiger partial charge is 0.342 e. The molecular formula is C17H24O5. The van der Waals surface area contributed by atoms with E-state index in [2.05, 4.69) is 0 Å². The summed E-state index contributed by atoms with van der Waals surface area (Å²) in [4.78, 5) is 23.7. The van der Waals surface area contributed by atoms with Gasteiger partial charge in [0.1, 0.15) is 22.5 Å². The van der Waals surface area contributed by atoms with Crippen molar-refractivity contribution in [3.8, 4) is 5.75 Å². The maximum atomic E-state index is 11.9. The first-order valence-corrected chi connectivity index (χ1v) is 7.14. The normalized spacial score (nSPS) is 11.9. The van der Waals surface area contributed by atoms with Crippen molar-refractivity contribution in [1.82, 2.24) is 0 Å². The lowest BCUT2D eigenvalue weighted by atomic mass is 10.1. The highest BCUT2D eigenvalue weighted by atomic mass is 16.6. The first-order valence-electron chi connectivity index (χ1n) is 7.14.